The van der Waals surface area contributed by atoms with E-state index < -0.39 is 14.9 Å². The first-order chi connectivity index (χ1) is 59.6. The van der Waals surface area contributed by atoms with Gasteiger partial charge in [-0.3, -0.25) is 24.5 Å². The Morgan fingerprint density at radius 2 is 1.01 bits per heavy atom. The largest absolute Gasteiger partial charge is 0.335 e. The van der Waals surface area contributed by atoms with Crippen LogP contribution in [0.15, 0.2) is 279 Å². The predicted octanol–water partition coefficient (Wildman–Crippen LogP) is 16.4. The van der Waals surface area contributed by atoms with Gasteiger partial charge in [0.2, 0.25) is 15.9 Å². The molecule has 0 atom stereocenters. The number of nitro benzene ring substituents is 1. The van der Waals surface area contributed by atoms with Gasteiger partial charge < -0.3 is 28.4 Å². The number of non-ortho nitro benzene ring substituents is 1. The zero-order chi connectivity index (χ0) is 86.4. The van der Waals surface area contributed by atoms with Crippen molar-refractivity contribution in [2.75, 3.05) is 26.2 Å². The van der Waals surface area contributed by atoms with Crippen LogP contribution in [0.2, 0.25) is 0 Å². The second-order valence-electron chi connectivity index (χ2n) is 30.3. The summed E-state index contributed by atoms with van der Waals surface area (Å²) in [5.41, 5.74) is 14.4. The molecule has 4 aromatic heterocycles. The van der Waals surface area contributed by atoms with Gasteiger partial charge in [-0.15, -0.1) is 30.6 Å². The van der Waals surface area contributed by atoms with Gasteiger partial charge in [-0.1, -0.05) is 171 Å². The number of nitriles is 3. The molecular weight excluding hydrogens is 1580 g/mol. The van der Waals surface area contributed by atoms with Crippen LogP contribution in [0.1, 0.15) is 149 Å². The Morgan fingerprint density at radius 3 is 1.51 bits per heavy atom. The third-order valence-electron chi connectivity index (χ3n) is 21.9. The highest BCUT2D eigenvalue weighted by atomic mass is 32.2. The summed E-state index contributed by atoms with van der Waals surface area (Å²) in [6.45, 7) is 11.6. The Hall–Kier alpha value is -14.9. The zero-order valence-electron chi connectivity index (χ0n) is 68.4. The Labute approximate surface area is 720 Å². The number of hydrogen-bond acceptors (Lipinski definition) is 17. The number of amides is 3. The van der Waals surface area contributed by atoms with Gasteiger partial charge in [0.15, 0.2) is 17.5 Å². The summed E-state index contributed by atoms with van der Waals surface area (Å²) in [4.78, 5) is 62.4. The van der Waals surface area contributed by atoms with E-state index in [0.29, 0.717) is 110 Å². The number of benzene rings is 10. The van der Waals surface area contributed by atoms with Crippen molar-refractivity contribution < 1.29 is 32.1 Å². The van der Waals surface area contributed by atoms with E-state index in [1.165, 1.54) is 39.7 Å². The summed E-state index contributed by atoms with van der Waals surface area (Å²) in [7, 11) is -3.64. The van der Waals surface area contributed by atoms with Gasteiger partial charge in [-0.25, -0.2) is 17.8 Å². The number of fused-ring (bicyclic) bond motifs is 1. The number of aryl methyl sites for hydroxylation is 4. The summed E-state index contributed by atoms with van der Waals surface area (Å²) in [6.07, 6.45) is 6.99. The smallest absolute Gasteiger partial charge is 0.272 e. The standard InChI is InChI=1S/C39H40N6O3S.C29H23N7O3.C28H26FN5O.CH4/c1-30-12-18-36(19-13-30)49(47,48)45-24-20-35(21-25-45)39(46)43(23-22-37(33-8-4-2-5-9-33)34-10-6-3-7-11-34)28-38-42-41-29-44(38)27-32-16-14-31(26-40)15-17-32;30-17-22-5-7-23(8-6-22)18-35-20-31-33-28(35)19-34(16-15-21-9-12-25(13-10-21)36(38)39)29(37)27-14-11-24-3-1-2-4-26(24)32-27;1-19-4-9-24(12-20(19)2)28(35)33(16-25-10-11-26(29)13-21(25)3)17-27-32-31-18-34(27)15-23-7-5-22(14-30)6-8-23;/h2-19,29,35,37H,20-25,27-28H2,1H3;1-14,20H,15-16,18-19H2;4-13,18H,15-17H2,1-3H3;1H4. The molecule has 25 nitrogen and oxygen atoms in total. The minimum atomic E-state index is -3.64. The van der Waals surface area contributed by atoms with Crippen molar-refractivity contribution in [2.45, 2.75) is 117 Å². The van der Waals surface area contributed by atoms with Crippen LogP contribution in [-0.4, -0.2) is 126 Å². The van der Waals surface area contributed by atoms with Gasteiger partial charge in [-0.2, -0.15) is 20.1 Å². The predicted molar refractivity (Wildman–Crippen MR) is 469 cm³/mol. The quantitative estimate of drug-likeness (QED) is 0.0325. The van der Waals surface area contributed by atoms with E-state index in [4.69, 9.17) is 10.5 Å². The van der Waals surface area contributed by atoms with E-state index in [-0.39, 0.29) is 86.1 Å². The number of pyridine rings is 1. The van der Waals surface area contributed by atoms with E-state index in [1.807, 2.05) is 168 Å². The molecule has 10 aromatic carbocycles. The Balaban J connectivity index is 0.000000172. The van der Waals surface area contributed by atoms with Gasteiger partial charge in [0.05, 0.1) is 89.5 Å². The molecule has 27 heteroatoms. The minimum Gasteiger partial charge on any atom is -0.335 e. The van der Waals surface area contributed by atoms with Gasteiger partial charge >= 0.3 is 0 Å². The van der Waals surface area contributed by atoms with Crippen molar-refractivity contribution in [3.05, 3.63) is 396 Å². The minimum absolute atomic E-state index is 0. The molecule has 0 unspecified atom stereocenters. The van der Waals surface area contributed by atoms with Crippen LogP contribution >= 0.6 is 0 Å². The van der Waals surface area contributed by atoms with Crippen molar-refractivity contribution >= 4 is 44.3 Å². The molecule has 1 saturated heterocycles. The maximum atomic E-state index is 14.4. The molecule has 15 rings (SSSR count). The van der Waals surface area contributed by atoms with Crippen molar-refractivity contribution in [1.82, 2.24) is 68.3 Å². The van der Waals surface area contributed by atoms with E-state index in [9.17, 15) is 42.6 Å². The second kappa shape index (κ2) is 41.9. The molecule has 1 aliphatic heterocycles. The molecule has 14 aromatic rings. The monoisotopic (exact) mass is 1670 g/mol. The number of nitrogens with zero attached hydrogens (tertiary/aromatic N) is 18. The third-order valence-corrected chi connectivity index (χ3v) is 23.8. The Morgan fingerprint density at radius 1 is 0.516 bits per heavy atom. The molecule has 0 radical (unpaired) electrons. The molecule has 0 N–H and O–H groups in total. The Kier molecular flexibility index (Phi) is 29.9. The number of carbonyl (C=O) groups excluding carboxylic acids is 3. The lowest BCUT2D eigenvalue weighted by Crippen LogP contribution is -2.44. The number of rotatable bonds is 28. The summed E-state index contributed by atoms with van der Waals surface area (Å²) in [5, 5.41) is 64.5. The fraction of sp³-hybridized carbons (Fsp3) is 0.227. The van der Waals surface area contributed by atoms with Crippen LogP contribution in [0.3, 0.4) is 0 Å². The van der Waals surface area contributed by atoms with Crippen LogP contribution in [-0.2, 0) is 67.1 Å². The SMILES string of the molecule is C.Cc1ccc(C(=O)N(Cc2ccc(F)cc2C)Cc2nncn2Cc2ccc(C#N)cc2)cc1C.Cc1ccc(S(=O)(=O)N2CCC(C(=O)N(CCC(c3ccccc3)c3ccccc3)Cc3nncn3Cc3ccc(C#N)cc3)CC2)cc1.N#Cc1ccc(Cn2cnnc2CN(CCc2ccc([N+](=O)[O-])cc2)C(=O)c2ccc3ccccc3n2)cc1. The third kappa shape index (κ3) is 23.0. The summed E-state index contributed by atoms with van der Waals surface area (Å²) in [5.74, 6) is 0.958. The molecular formula is C97H93FN18O7S. The topological polar surface area (TPSA) is 318 Å². The van der Waals surface area contributed by atoms with E-state index >= 15 is 0 Å². The van der Waals surface area contributed by atoms with Crippen LogP contribution in [0.4, 0.5) is 10.1 Å². The lowest BCUT2D eigenvalue weighted by atomic mass is 9.88. The van der Waals surface area contributed by atoms with Crippen LogP contribution < -0.4 is 0 Å². The highest BCUT2D eigenvalue weighted by molar-refractivity contribution is 7.89. The normalized spacial score (nSPS) is 12.0. The molecule has 3 amide bonds. The summed E-state index contributed by atoms with van der Waals surface area (Å²) < 4.78 is 47.6. The fourth-order valence-corrected chi connectivity index (χ4v) is 16.1. The number of halogens is 1. The van der Waals surface area contributed by atoms with Gasteiger partial charge in [0.1, 0.15) is 30.5 Å². The summed E-state index contributed by atoms with van der Waals surface area (Å²) >= 11 is 0. The Bertz CT molecular complexity index is 6220. The average molecular weight is 1670 g/mol. The number of hydrogen-bond donors (Lipinski definition) is 0. The number of carbonyl (C=O) groups is 3. The first-order valence-corrected chi connectivity index (χ1v) is 41.6. The lowest BCUT2D eigenvalue weighted by molar-refractivity contribution is -0.384. The molecule has 1 aliphatic rings. The average Bonchev–Trinajstić information content (AvgIpc) is 0.984. The number of para-hydroxylation sites is 1. The molecule has 124 heavy (non-hydrogen) atoms. The van der Waals surface area contributed by atoms with Crippen molar-refractivity contribution in [1.29, 1.82) is 15.8 Å². The van der Waals surface area contributed by atoms with Gasteiger partial charge in [0, 0.05) is 67.6 Å². The molecule has 0 bridgehead atoms. The van der Waals surface area contributed by atoms with Crippen molar-refractivity contribution in [3.63, 3.8) is 0 Å². The highest BCUT2D eigenvalue weighted by Crippen LogP contribution is 2.32. The molecule has 0 saturated carbocycles. The molecule has 0 aliphatic carbocycles. The number of aromatic nitrogens is 10. The maximum Gasteiger partial charge on any atom is 0.272 e. The number of sulfonamides is 1. The fourth-order valence-electron chi connectivity index (χ4n) is 14.6. The zero-order valence-corrected chi connectivity index (χ0v) is 69.3. The lowest BCUT2D eigenvalue weighted by Gasteiger charge is -2.34. The first-order valence-electron chi connectivity index (χ1n) is 40.2. The maximum absolute atomic E-state index is 14.4. The van der Waals surface area contributed by atoms with E-state index in [1.54, 1.807) is 114 Å². The molecule has 626 valence electrons. The summed E-state index contributed by atoms with van der Waals surface area (Å²) in [6, 6.07) is 83.7. The molecule has 5 heterocycles. The van der Waals surface area contributed by atoms with Crippen LogP contribution in [0, 0.1) is 83.5 Å². The van der Waals surface area contributed by atoms with Crippen molar-refractivity contribution in [3.8, 4) is 18.2 Å². The van der Waals surface area contributed by atoms with E-state index in [2.05, 4.69) is 78.0 Å². The molecule has 1 fully saturated rings. The number of nitro groups is 1. The van der Waals surface area contributed by atoms with Gasteiger partial charge in [-0.05, 0) is 194 Å². The van der Waals surface area contributed by atoms with E-state index in [0.717, 1.165) is 61.0 Å². The van der Waals surface area contributed by atoms with Crippen molar-refractivity contribution in [2.24, 2.45) is 5.92 Å². The van der Waals surface area contributed by atoms with Crippen LogP contribution in [0.25, 0.3) is 10.9 Å². The second-order valence-corrected chi connectivity index (χ2v) is 32.2. The highest BCUT2D eigenvalue weighted by Gasteiger charge is 2.35. The van der Waals surface area contributed by atoms with Gasteiger partial charge in [0.25, 0.3) is 17.5 Å². The molecule has 0 spiro atoms. The van der Waals surface area contributed by atoms with Crippen LogP contribution in [0.5, 0.6) is 0 Å². The first kappa shape index (κ1) is 88.4. The number of piperidine rings is 1.